The standard InChI is InChI=1S/C44H30N4/c1-44(2)35-22-12-11-21-33(35)38-37-30(19-13-23-36(37)44)26-34-32-25-24-27-14-9-10-20-31(27)39(32)48(40(34)38)43-46-41(28-15-5-3-6-16-28)45-42(47-43)29-17-7-4-8-18-29/h3-26H,1-2H3. The number of hydrogen-bond donors (Lipinski definition) is 0. The first-order chi connectivity index (χ1) is 23.6. The van der Waals surface area contributed by atoms with Gasteiger partial charge in [0.2, 0.25) is 5.95 Å². The Labute approximate surface area is 278 Å². The summed E-state index contributed by atoms with van der Waals surface area (Å²) in [5, 5.41) is 7.24. The van der Waals surface area contributed by atoms with E-state index in [2.05, 4.69) is 128 Å². The molecule has 0 bridgehead atoms. The molecule has 0 aliphatic heterocycles. The summed E-state index contributed by atoms with van der Waals surface area (Å²) < 4.78 is 2.33. The summed E-state index contributed by atoms with van der Waals surface area (Å²) in [7, 11) is 0. The highest BCUT2D eigenvalue weighted by Crippen LogP contribution is 2.53. The van der Waals surface area contributed by atoms with Crippen LogP contribution in [0.4, 0.5) is 0 Å². The van der Waals surface area contributed by atoms with Gasteiger partial charge in [0.25, 0.3) is 0 Å². The van der Waals surface area contributed by atoms with Crippen LogP contribution in [0.15, 0.2) is 146 Å². The van der Waals surface area contributed by atoms with Gasteiger partial charge in [-0.1, -0.05) is 153 Å². The number of hydrogen-bond acceptors (Lipinski definition) is 3. The lowest BCUT2D eigenvalue weighted by Crippen LogP contribution is -2.23. The van der Waals surface area contributed by atoms with E-state index < -0.39 is 0 Å². The molecule has 0 fully saturated rings. The van der Waals surface area contributed by atoms with Crippen LogP contribution in [0.25, 0.3) is 83.2 Å². The third kappa shape index (κ3) is 3.74. The minimum Gasteiger partial charge on any atom is -0.277 e. The first-order valence-corrected chi connectivity index (χ1v) is 16.5. The first kappa shape index (κ1) is 27.0. The van der Waals surface area contributed by atoms with Crippen LogP contribution in [0.5, 0.6) is 0 Å². The molecule has 226 valence electrons. The lowest BCUT2D eigenvalue weighted by Gasteiger charge is -2.35. The minimum absolute atomic E-state index is 0.158. The summed E-state index contributed by atoms with van der Waals surface area (Å²) in [5.74, 6) is 1.90. The Kier molecular flexibility index (Phi) is 5.59. The monoisotopic (exact) mass is 614 g/mol. The molecule has 0 spiro atoms. The normalized spacial score (nSPS) is 13.4. The molecule has 1 aliphatic rings. The van der Waals surface area contributed by atoms with Gasteiger partial charge in [-0.2, -0.15) is 9.97 Å². The maximum Gasteiger partial charge on any atom is 0.238 e. The van der Waals surface area contributed by atoms with E-state index in [-0.39, 0.29) is 5.41 Å². The molecule has 9 aromatic rings. The molecule has 2 aromatic heterocycles. The van der Waals surface area contributed by atoms with Crippen LogP contribution in [0.1, 0.15) is 25.0 Å². The summed E-state index contributed by atoms with van der Waals surface area (Å²) in [6.45, 7) is 4.70. The molecule has 1 aliphatic carbocycles. The lowest BCUT2D eigenvalue weighted by atomic mass is 9.68. The molecule has 0 amide bonds. The van der Waals surface area contributed by atoms with E-state index >= 15 is 0 Å². The van der Waals surface area contributed by atoms with E-state index in [1.807, 2.05) is 36.4 Å². The molecule has 0 saturated carbocycles. The Morgan fingerprint density at radius 3 is 1.85 bits per heavy atom. The Morgan fingerprint density at radius 2 is 1.10 bits per heavy atom. The molecule has 10 rings (SSSR count). The zero-order valence-corrected chi connectivity index (χ0v) is 26.6. The van der Waals surface area contributed by atoms with Crippen LogP contribution in [0.3, 0.4) is 0 Å². The molecule has 2 heterocycles. The van der Waals surface area contributed by atoms with Crippen LogP contribution >= 0.6 is 0 Å². The van der Waals surface area contributed by atoms with E-state index in [0.29, 0.717) is 17.6 Å². The number of nitrogens with zero attached hydrogens (tertiary/aromatic N) is 4. The van der Waals surface area contributed by atoms with Crippen molar-refractivity contribution < 1.29 is 0 Å². The smallest absolute Gasteiger partial charge is 0.238 e. The van der Waals surface area contributed by atoms with Crippen molar-refractivity contribution in [2.45, 2.75) is 19.3 Å². The van der Waals surface area contributed by atoms with Gasteiger partial charge in [0.1, 0.15) is 0 Å². The van der Waals surface area contributed by atoms with Crippen molar-refractivity contribution in [3.8, 4) is 39.9 Å². The Hall–Kier alpha value is -6.13. The van der Waals surface area contributed by atoms with E-state index in [1.165, 1.54) is 49.2 Å². The fourth-order valence-corrected chi connectivity index (χ4v) is 7.98. The average molecular weight is 615 g/mol. The maximum atomic E-state index is 5.30. The van der Waals surface area contributed by atoms with Gasteiger partial charge in [0.15, 0.2) is 11.6 Å². The summed E-state index contributed by atoms with van der Waals surface area (Å²) in [5.41, 5.74) is 9.11. The fourth-order valence-electron chi connectivity index (χ4n) is 7.98. The van der Waals surface area contributed by atoms with Gasteiger partial charge in [-0.05, 0) is 38.9 Å². The van der Waals surface area contributed by atoms with Crippen LogP contribution in [0.2, 0.25) is 0 Å². The summed E-state index contributed by atoms with van der Waals surface area (Å²) >= 11 is 0. The first-order valence-electron chi connectivity index (χ1n) is 16.5. The van der Waals surface area contributed by atoms with Gasteiger partial charge in [0, 0.05) is 38.3 Å². The van der Waals surface area contributed by atoms with Crippen LogP contribution in [-0.2, 0) is 5.41 Å². The zero-order chi connectivity index (χ0) is 32.0. The fraction of sp³-hybridized carbons (Fsp3) is 0.0682. The average Bonchev–Trinajstić information content (AvgIpc) is 3.48. The lowest BCUT2D eigenvalue weighted by molar-refractivity contribution is 0.645. The van der Waals surface area contributed by atoms with Gasteiger partial charge < -0.3 is 0 Å². The summed E-state index contributed by atoms with van der Waals surface area (Å²) in [6.07, 6.45) is 0. The largest absolute Gasteiger partial charge is 0.277 e. The van der Waals surface area contributed by atoms with Crippen molar-refractivity contribution in [1.29, 1.82) is 0 Å². The van der Waals surface area contributed by atoms with Crippen molar-refractivity contribution in [3.05, 3.63) is 157 Å². The number of rotatable bonds is 3. The topological polar surface area (TPSA) is 43.6 Å². The number of aromatic nitrogens is 4. The van der Waals surface area contributed by atoms with Crippen LogP contribution in [-0.4, -0.2) is 19.5 Å². The highest BCUT2D eigenvalue weighted by Gasteiger charge is 2.35. The molecule has 0 radical (unpaired) electrons. The predicted molar refractivity (Wildman–Crippen MR) is 198 cm³/mol. The summed E-state index contributed by atoms with van der Waals surface area (Å²) in [4.78, 5) is 15.6. The zero-order valence-electron chi connectivity index (χ0n) is 26.6. The molecule has 0 atom stereocenters. The molecule has 0 saturated heterocycles. The maximum absolute atomic E-state index is 5.30. The molecule has 0 unspecified atom stereocenters. The molecule has 4 nitrogen and oxygen atoms in total. The highest BCUT2D eigenvalue weighted by atomic mass is 15.2. The third-order valence-electron chi connectivity index (χ3n) is 10.2. The molecule has 7 aromatic carbocycles. The van der Waals surface area contributed by atoms with E-state index in [0.717, 1.165) is 27.5 Å². The van der Waals surface area contributed by atoms with Gasteiger partial charge in [0.05, 0.1) is 11.0 Å². The third-order valence-corrected chi connectivity index (χ3v) is 10.2. The highest BCUT2D eigenvalue weighted by molar-refractivity contribution is 6.26. The Balaban J connectivity index is 1.46. The van der Waals surface area contributed by atoms with Crippen molar-refractivity contribution in [2.24, 2.45) is 0 Å². The van der Waals surface area contributed by atoms with Crippen molar-refractivity contribution in [1.82, 2.24) is 19.5 Å². The van der Waals surface area contributed by atoms with Crippen molar-refractivity contribution in [3.63, 3.8) is 0 Å². The van der Waals surface area contributed by atoms with Gasteiger partial charge in [-0.25, -0.2) is 4.98 Å². The molecular formula is C44H30N4. The molecule has 48 heavy (non-hydrogen) atoms. The Morgan fingerprint density at radius 1 is 0.479 bits per heavy atom. The van der Waals surface area contributed by atoms with E-state index in [9.17, 15) is 0 Å². The van der Waals surface area contributed by atoms with E-state index in [4.69, 9.17) is 15.0 Å². The minimum atomic E-state index is -0.158. The van der Waals surface area contributed by atoms with Crippen molar-refractivity contribution in [2.75, 3.05) is 0 Å². The van der Waals surface area contributed by atoms with E-state index in [1.54, 1.807) is 0 Å². The second-order valence-electron chi connectivity index (χ2n) is 13.3. The molecular weight excluding hydrogens is 585 g/mol. The number of benzene rings is 7. The Bertz CT molecular complexity index is 2680. The van der Waals surface area contributed by atoms with Crippen LogP contribution in [0, 0.1) is 0 Å². The second-order valence-corrected chi connectivity index (χ2v) is 13.3. The molecule has 0 N–H and O–H groups in total. The van der Waals surface area contributed by atoms with Gasteiger partial charge >= 0.3 is 0 Å². The second kappa shape index (κ2) is 9.93. The number of fused-ring (bicyclic) bond motifs is 8. The quantitative estimate of drug-likeness (QED) is 0.199. The van der Waals surface area contributed by atoms with Crippen molar-refractivity contribution >= 4 is 43.4 Å². The molecule has 4 heteroatoms. The predicted octanol–water partition coefficient (Wildman–Crippen LogP) is 10.9. The summed E-state index contributed by atoms with van der Waals surface area (Å²) in [6, 6.07) is 51.7. The van der Waals surface area contributed by atoms with Crippen LogP contribution < -0.4 is 0 Å². The SMILES string of the molecule is CC1(C)c2ccccc2-c2c3c1cccc3cc1c3ccc4ccccc4c3n(-c3nc(-c4ccccc4)nc(-c4ccccc4)n3)c21. The van der Waals surface area contributed by atoms with Gasteiger partial charge in [-0.15, -0.1) is 0 Å². The van der Waals surface area contributed by atoms with Gasteiger partial charge in [-0.3, -0.25) is 4.57 Å².